The van der Waals surface area contributed by atoms with Crippen molar-refractivity contribution in [3.63, 3.8) is 0 Å². The first-order valence-electron chi connectivity index (χ1n) is 5.34. The molecule has 1 aromatic rings. The number of aryl methyl sites for hydroxylation is 1. The van der Waals surface area contributed by atoms with Gasteiger partial charge in [0.05, 0.1) is 0 Å². The van der Waals surface area contributed by atoms with Crippen molar-refractivity contribution in [2.45, 2.75) is 26.2 Å². The third-order valence-corrected chi connectivity index (χ3v) is 2.78. The summed E-state index contributed by atoms with van der Waals surface area (Å²) < 4.78 is 0. The Balaban J connectivity index is 1.96. The second-order valence-electron chi connectivity index (χ2n) is 4.04. The first-order valence-corrected chi connectivity index (χ1v) is 5.34. The minimum atomic E-state index is 0.464. The maximum Gasteiger partial charge on any atom is 0.239 e. The van der Waals surface area contributed by atoms with Crippen molar-refractivity contribution in [2.75, 3.05) is 17.3 Å². The first-order chi connectivity index (χ1) is 7.28. The Hall–Kier alpha value is -1.36. The number of aromatic nitrogens is 2. The lowest BCUT2D eigenvalue weighted by Gasteiger charge is -2.25. The zero-order valence-electron chi connectivity index (χ0n) is 8.95. The maximum absolute atomic E-state index is 5.28. The number of nitrogens with two attached hydrogens (primary N) is 1. The molecule has 5 nitrogen and oxygen atoms in total. The summed E-state index contributed by atoms with van der Waals surface area (Å²) in [6.45, 7) is 2.93. The van der Waals surface area contributed by atoms with Crippen molar-refractivity contribution in [3.8, 4) is 0 Å². The summed E-state index contributed by atoms with van der Waals surface area (Å²) in [6.07, 6.45) is 4.03. The molecular formula is C10H17N5. The molecule has 1 heterocycles. The van der Waals surface area contributed by atoms with Gasteiger partial charge in [-0.25, -0.2) is 10.8 Å². The van der Waals surface area contributed by atoms with Crippen LogP contribution in [0.2, 0.25) is 0 Å². The molecule has 0 bridgehead atoms. The summed E-state index contributed by atoms with van der Waals surface area (Å²) in [5, 5.41) is 3.32. The maximum atomic E-state index is 5.28. The molecule has 0 aliphatic heterocycles. The molecule has 1 fully saturated rings. The van der Waals surface area contributed by atoms with Crippen LogP contribution in [-0.2, 0) is 0 Å². The zero-order chi connectivity index (χ0) is 10.7. The average molecular weight is 207 g/mol. The fourth-order valence-electron chi connectivity index (χ4n) is 1.67. The van der Waals surface area contributed by atoms with E-state index in [0.29, 0.717) is 5.95 Å². The van der Waals surface area contributed by atoms with E-state index in [1.807, 2.05) is 13.0 Å². The normalized spacial score (nSPS) is 15.9. The van der Waals surface area contributed by atoms with Crippen LogP contribution in [0.3, 0.4) is 0 Å². The second kappa shape index (κ2) is 4.44. The molecule has 1 aromatic heterocycles. The highest BCUT2D eigenvalue weighted by Crippen LogP contribution is 2.26. The van der Waals surface area contributed by atoms with E-state index >= 15 is 0 Å². The molecule has 82 valence electrons. The fourth-order valence-corrected chi connectivity index (χ4v) is 1.67. The van der Waals surface area contributed by atoms with Gasteiger partial charge in [0.2, 0.25) is 5.95 Å². The summed E-state index contributed by atoms with van der Waals surface area (Å²) >= 11 is 0. The van der Waals surface area contributed by atoms with E-state index in [0.717, 1.165) is 24.0 Å². The molecule has 1 aliphatic rings. The molecule has 1 saturated carbocycles. The van der Waals surface area contributed by atoms with E-state index in [-0.39, 0.29) is 0 Å². The molecule has 4 N–H and O–H groups in total. The number of nitrogens with one attached hydrogen (secondary N) is 2. The van der Waals surface area contributed by atoms with E-state index in [4.69, 9.17) is 5.84 Å². The third-order valence-electron chi connectivity index (χ3n) is 2.78. The number of anilines is 2. The minimum absolute atomic E-state index is 0.464. The molecule has 0 amide bonds. The Morgan fingerprint density at radius 2 is 2.27 bits per heavy atom. The molecule has 0 saturated heterocycles. The zero-order valence-corrected chi connectivity index (χ0v) is 8.95. The Morgan fingerprint density at radius 3 is 2.87 bits per heavy atom. The Bertz CT molecular complexity index is 335. The molecule has 0 atom stereocenters. The summed E-state index contributed by atoms with van der Waals surface area (Å²) in [4.78, 5) is 8.35. The van der Waals surface area contributed by atoms with Crippen LogP contribution in [0, 0.1) is 12.8 Å². The average Bonchev–Trinajstić information content (AvgIpc) is 2.14. The molecule has 0 aromatic carbocycles. The smallest absolute Gasteiger partial charge is 0.239 e. The van der Waals surface area contributed by atoms with Crippen molar-refractivity contribution in [3.05, 3.63) is 11.8 Å². The number of hydrogen-bond acceptors (Lipinski definition) is 5. The third kappa shape index (κ3) is 2.56. The minimum Gasteiger partial charge on any atom is -0.370 e. The van der Waals surface area contributed by atoms with E-state index < -0.39 is 0 Å². The topological polar surface area (TPSA) is 75.9 Å². The predicted molar refractivity (Wildman–Crippen MR) is 60.4 cm³/mol. The van der Waals surface area contributed by atoms with Gasteiger partial charge in [-0.1, -0.05) is 6.42 Å². The van der Waals surface area contributed by atoms with E-state index in [1.165, 1.54) is 19.3 Å². The van der Waals surface area contributed by atoms with Gasteiger partial charge in [-0.2, -0.15) is 4.98 Å². The van der Waals surface area contributed by atoms with Gasteiger partial charge < -0.3 is 5.32 Å². The summed E-state index contributed by atoms with van der Waals surface area (Å²) in [6, 6.07) is 1.93. The molecule has 1 aliphatic carbocycles. The van der Waals surface area contributed by atoms with Gasteiger partial charge in [-0.3, -0.25) is 5.43 Å². The number of hydrogen-bond donors (Lipinski definition) is 3. The van der Waals surface area contributed by atoms with Crippen molar-refractivity contribution >= 4 is 11.8 Å². The standard InChI is InChI=1S/C10H17N5/c1-7-5-9(14-10(13-7)15-11)12-6-8-3-2-4-8/h5,8H,2-4,6,11H2,1H3,(H2,12,13,14,15). The van der Waals surface area contributed by atoms with Crippen LogP contribution >= 0.6 is 0 Å². The Kier molecular flexibility index (Phi) is 3.01. The summed E-state index contributed by atoms with van der Waals surface area (Å²) in [5.41, 5.74) is 3.37. The highest BCUT2D eigenvalue weighted by Gasteiger charge is 2.16. The molecule has 0 radical (unpaired) electrons. The van der Waals surface area contributed by atoms with Crippen LogP contribution in [0.5, 0.6) is 0 Å². The summed E-state index contributed by atoms with van der Waals surface area (Å²) in [5.74, 6) is 7.41. The lowest BCUT2D eigenvalue weighted by atomic mass is 9.85. The number of hydrazine groups is 1. The van der Waals surface area contributed by atoms with E-state index in [1.54, 1.807) is 0 Å². The van der Waals surface area contributed by atoms with Gasteiger partial charge in [-0.15, -0.1) is 0 Å². The highest BCUT2D eigenvalue weighted by molar-refractivity contribution is 5.41. The van der Waals surface area contributed by atoms with E-state index in [2.05, 4.69) is 20.7 Å². The molecule has 0 spiro atoms. The SMILES string of the molecule is Cc1cc(NCC2CCC2)nc(NN)n1. The predicted octanol–water partition coefficient (Wildman–Crippen LogP) is 1.28. The van der Waals surface area contributed by atoms with Gasteiger partial charge in [0.1, 0.15) is 5.82 Å². The van der Waals surface area contributed by atoms with Gasteiger partial charge in [-0.05, 0) is 25.7 Å². The number of rotatable bonds is 4. The highest BCUT2D eigenvalue weighted by atomic mass is 15.3. The van der Waals surface area contributed by atoms with Crippen molar-refractivity contribution < 1.29 is 0 Å². The van der Waals surface area contributed by atoms with Crippen LogP contribution in [0.15, 0.2) is 6.07 Å². The van der Waals surface area contributed by atoms with Crippen LogP contribution in [0.4, 0.5) is 11.8 Å². The second-order valence-corrected chi connectivity index (χ2v) is 4.04. The number of nitrogen functional groups attached to an aromatic ring is 1. The number of nitrogens with zero attached hydrogens (tertiary/aromatic N) is 2. The van der Waals surface area contributed by atoms with Crippen LogP contribution in [-0.4, -0.2) is 16.5 Å². The molecule has 5 heteroatoms. The van der Waals surface area contributed by atoms with Crippen molar-refractivity contribution in [2.24, 2.45) is 11.8 Å². The fraction of sp³-hybridized carbons (Fsp3) is 0.600. The lowest BCUT2D eigenvalue weighted by molar-refractivity contribution is 0.333. The van der Waals surface area contributed by atoms with Gasteiger partial charge in [0.15, 0.2) is 0 Å². The van der Waals surface area contributed by atoms with E-state index in [9.17, 15) is 0 Å². The Labute approximate surface area is 89.5 Å². The van der Waals surface area contributed by atoms with Gasteiger partial charge >= 0.3 is 0 Å². The largest absolute Gasteiger partial charge is 0.370 e. The van der Waals surface area contributed by atoms with Crippen LogP contribution < -0.4 is 16.6 Å². The lowest BCUT2D eigenvalue weighted by Crippen LogP contribution is -2.21. The summed E-state index contributed by atoms with van der Waals surface area (Å²) in [7, 11) is 0. The van der Waals surface area contributed by atoms with Crippen LogP contribution in [0.1, 0.15) is 25.0 Å². The van der Waals surface area contributed by atoms with Crippen molar-refractivity contribution in [1.82, 2.24) is 9.97 Å². The molecule has 0 unspecified atom stereocenters. The molecular weight excluding hydrogens is 190 g/mol. The van der Waals surface area contributed by atoms with Crippen LogP contribution in [0.25, 0.3) is 0 Å². The molecule has 15 heavy (non-hydrogen) atoms. The first kappa shape index (κ1) is 10.2. The van der Waals surface area contributed by atoms with Gasteiger partial charge in [0, 0.05) is 18.3 Å². The quantitative estimate of drug-likeness (QED) is 0.512. The van der Waals surface area contributed by atoms with Crippen molar-refractivity contribution in [1.29, 1.82) is 0 Å². The Morgan fingerprint density at radius 1 is 1.47 bits per heavy atom. The molecule has 2 rings (SSSR count). The van der Waals surface area contributed by atoms with Gasteiger partial charge in [0.25, 0.3) is 0 Å². The monoisotopic (exact) mass is 207 g/mol.